The van der Waals surface area contributed by atoms with Crippen molar-refractivity contribution >= 4 is 18.4 Å². The molecular formula is C24H38ClN3O4. The molecule has 1 atom stereocenters. The van der Waals surface area contributed by atoms with Gasteiger partial charge in [0.05, 0.1) is 13.2 Å². The highest BCUT2D eigenvalue weighted by molar-refractivity contribution is 5.85. The lowest BCUT2D eigenvalue weighted by Crippen LogP contribution is -2.51. The van der Waals surface area contributed by atoms with Gasteiger partial charge in [-0.1, -0.05) is 13.0 Å². The number of nitrogens with zero attached hydrogens (tertiary/aromatic N) is 3. The van der Waals surface area contributed by atoms with E-state index < -0.39 is 0 Å². The number of carbonyl (C=O) groups excluding carboxylic acids is 1. The quantitative estimate of drug-likeness (QED) is 0.642. The summed E-state index contributed by atoms with van der Waals surface area (Å²) in [6, 6.07) is 6.98. The van der Waals surface area contributed by atoms with Gasteiger partial charge < -0.3 is 28.9 Å². The summed E-state index contributed by atoms with van der Waals surface area (Å²) in [5.41, 5.74) is 1.29. The second-order valence-corrected chi connectivity index (χ2v) is 8.93. The SMILES string of the molecule is CCN(CC1CCN(C(=O)N2CCOCC2)CC1)C(C)Cc1ccc2c(c1)OCCO2.Cl. The number of ether oxygens (including phenoxy) is 3. The van der Waals surface area contributed by atoms with E-state index in [4.69, 9.17) is 14.2 Å². The van der Waals surface area contributed by atoms with Gasteiger partial charge in [0.15, 0.2) is 11.5 Å². The highest BCUT2D eigenvalue weighted by Gasteiger charge is 2.28. The molecule has 2 saturated heterocycles. The number of rotatable bonds is 6. The number of likely N-dealkylation sites (N-methyl/N-ethyl adjacent to an activating group) is 1. The molecule has 3 aliphatic rings. The molecule has 0 bridgehead atoms. The molecule has 32 heavy (non-hydrogen) atoms. The summed E-state index contributed by atoms with van der Waals surface area (Å²) < 4.78 is 16.8. The largest absolute Gasteiger partial charge is 0.486 e. The van der Waals surface area contributed by atoms with E-state index in [1.807, 2.05) is 15.9 Å². The van der Waals surface area contributed by atoms with Crippen molar-refractivity contribution < 1.29 is 19.0 Å². The molecule has 2 amide bonds. The van der Waals surface area contributed by atoms with Crippen LogP contribution in [-0.2, 0) is 11.2 Å². The number of carbonyl (C=O) groups is 1. The third-order valence-corrected chi connectivity index (χ3v) is 6.83. The average molecular weight is 468 g/mol. The minimum absolute atomic E-state index is 0. The summed E-state index contributed by atoms with van der Waals surface area (Å²) >= 11 is 0. The summed E-state index contributed by atoms with van der Waals surface area (Å²) in [5.74, 6) is 2.38. The van der Waals surface area contributed by atoms with Crippen LogP contribution in [0.3, 0.4) is 0 Å². The minimum Gasteiger partial charge on any atom is -0.486 e. The van der Waals surface area contributed by atoms with Gasteiger partial charge in [-0.2, -0.15) is 0 Å². The second kappa shape index (κ2) is 12.0. The molecule has 1 aromatic carbocycles. The molecular weight excluding hydrogens is 430 g/mol. The second-order valence-electron chi connectivity index (χ2n) is 8.93. The molecule has 0 saturated carbocycles. The first-order valence-corrected chi connectivity index (χ1v) is 11.9. The fraction of sp³-hybridized carbons (Fsp3) is 0.708. The molecule has 0 aliphatic carbocycles. The first-order valence-electron chi connectivity index (χ1n) is 11.9. The fourth-order valence-corrected chi connectivity index (χ4v) is 4.90. The summed E-state index contributed by atoms with van der Waals surface area (Å²) in [6.07, 6.45) is 3.17. The van der Waals surface area contributed by atoms with Crippen molar-refractivity contribution in [3.05, 3.63) is 23.8 Å². The van der Waals surface area contributed by atoms with Crippen LogP contribution in [0, 0.1) is 5.92 Å². The number of hydrogen-bond donors (Lipinski definition) is 0. The molecule has 1 aromatic rings. The van der Waals surface area contributed by atoms with E-state index in [1.54, 1.807) is 0 Å². The van der Waals surface area contributed by atoms with Gasteiger partial charge in [0, 0.05) is 38.8 Å². The molecule has 0 N–H and O–H groups in total. The van der Waals surface area contributed by atoms with E-state index in [2.05, 4.69) is 30.9 Å². The van der Waals surface area contributed by atoms with Crippen molar-refractivity contribution in [2.45, 2.75) is 39.2 Å². The summed E-state index contributed by atoms with van der Waals surface area (Å²) in [6.45, 7) is 12.5. The van der Waals surface area contributed by atoms with Gasteiger partial charge in [-0.05, 0) is 56.3 Å². The first-order chi connectivity index (χ1) is 15.1. The van der Waals surface area contributed by atoms with E-state index in [0.29, 0.717) is 38.4 Å². The van der Waals surface area contributed by atoms with Crippen LogP contribution in [0.4, 0.5) is 4.79 Å². The van der Waals surface area contributed by atoms with Crippen molar-refractivity contribution in [1.82, 2.24) is 14.7 Å². The third-order valence-electron chi connectivity index (χ3n) is 6.83. The maximum Gasteiger partial charge on any atom is 0.320 e. The Morgan fingerprint density at radius 1 is 1.03 bits per heavy atom. The van der Waals surface area contributed by atoms with Crippen LogP contribution < -0.4 is 9.47 Å². The molecule has 2 fully saturated rings. The highest BCUT2D eigenvalue weighted by Crippen LogP contribution is 2.31. The van der Waals surface area contributed by atoms with Crippen LogP contribution >= 0.6 is 12.4 Å². The lowest BCUT2D eigenvalue weighted by atomic mass is 9.95. The maximum absolute atomic E-state index is 12.7. The topological polar surface area (TPSA) is 54.5 Å². The number of morpholine rings is 1. The van der Waals surface area contributed by atoms with Gasteiger partial charge in [0.1, 0.15) is 13.2 Å². The Morgan fingerprint density at radius 3 is 2.38 bits per heavy atom. The highest BCUT2D eigenvalue weighted by atomic mass is 35.5. The van der Waals surface area contributed by atoms with Crippen LogP contribution in [0.15, 0.2) is 18.2 Å². The normalized spacial score (nSPS) is 20.1. The molecule has 1 unspecified atom stereocenters. The Balaban J connectivity index is 0.00000289. The summed E-state index contributed by atoms with van der Waals surface area (Å²) in [5, 5.41) is 0. The summed E-state index contributed by atoms with van der Waals surface area (Å²) in [7, 11) is 0. The van der Waals surface area contributed by atoms with Crippen molar-refractivity contribution in [2.24, 2.45) is 5.92 Å². The van der Waals surface area contributed by atoms with Gasteiger partial charge in [0.25, 0.3) is 0 Å². The first kappa shape index (κ1) is 24.9. The molecule has 8 heteroatoms. The predicted molar refractivity (Wildman–Crippen MR) is 127 cm³/mol. The molecule has 0 radical (unpaired) electrons. The number of likely N-dealkylation sites (tertiary alicyclic amines) is 1. The zero-order valence-electron chi connectivity index (χ0n) is 19.5. The molecule has 3 heterocycles. The Morgan fingerprint density at radius 2 is 1.69 bits per heavy atom. The average Bonchev–Trinajstić information content (AvgIpc) is 2.83. The Labute approximate surface area is 198 Å². The molecule has 180 valence electrons. The number of urea groups is 1. The van der Waals surface area contributed by atoms with Gasteiger partial charge >= 0.3 is 6.03 Å². The van der Waals surface area contributed by atoms with Gasteiger partial charge in [-0.15, -0.1) is 12.4 Å². The van der Waals surface area contributed by atoms with Crippen LogP contribution in [0.1, 0.15) is 32.3 Å². The van der Waals surface area contributed by atoms with Crippen LogP contribution in [0.2, 0.25) is 0 Å². The van der Waals surface area contributed by atoms with Crippen molar-refractivity contribution in [3.8, 4) is 11.5 Å². The lowest BCUT2D eigenvalue weighted by molar-refractivity contribution is 0.0387. The standard InChI is InChI=1S/C24H37N3O4.ClH/c1-3-25(19(2)16-21-4-5-22-23(17-21)31-15-14-30-22)18-20-6-8-26(9-7-20)24(28)27-10-12-29-13-11-27;/h4-5,17,19-20H,3,6-16,18H2,1-2H3;1H. The van der Waals surface area contributed by atoms with Gasteiger partial charge in [0.2, 0.25) is 0 Å². The molecule has 0 aromatic heterocycles. The molecule has 4 rings (SSSR count). The number of fused-ring (bicyclic) bond motifs is 1. The van der Waals surface area contributed by atoms with E-state index in [0.717, 1.165) is 70.0 Å². The van der Waals surface area contributed by atoms with Crippen molar-refractivity contribution in [2.75, 3.05) is 65.7 Å². The number of hydrogen-bond acceptors (Lipinski definition) is 5. The smallest absolute Gasteiger partial charge is 0.320 e. The van der Waals surface area contributed by atoms with E-state index >= 15 is 0 Å². The minimum atomic E-state index is 0. The number of benzene rings is 1. The zero-order chi connectivity index (χ0) is 21.6. The predicted octanol–water partition coefficient (Wildman–Crippen LogP) is 3.30. The molecule has 3 aliphatic heterocycles. The number of piperidine rings is 1. The monoisotopic (exact) mass is 467 g/mol. The fourth-order valence-electron chi connectivity index (χ4n) is 4.90. The van der Waals surface area contributed by atoms with Crippen molar-refractivity contribution in [3.63, 3.8) is 0 Å². The van der Waals surface area contributed by atoms with Crippen LogP contribution in [0.25, 0.3) is 0 Å². The van der Waals surface area contributed by atoms with Gasteiger partial charge in [-0.25, -0.2) is 4.79 Å². The number of amides is 2. The lowest BCUT2D eigenvalue weighted by Gasteiger charge is -2.39. The van der Waals surface area contributed by atoms with E-state index in [9.17, 15) is 4.79 Å². The molecule has 7 nitrogen and oxygen atoms in total. The molecule has 0 spiro atoms. The van der Waals surface area contributed by atoms with Crippen LogP contribution in [0.5, 0.6) is 11.5 Å². The van der Waals surface area contributed by atoms with Gasteiger partial charge in [-0.3, -0.25) is 0 Å². The van der Waals surface area contributed by atoms with E-state index in [-0.39, 0.29) is 18.4 Å². The van der Waals surface area contributed by atoms with E-state index in [1.165, 1.54) is 5.56 Å². The summed E-state index contributed by atoms with van der Waals surface area (Å²) in [4.78, 5) is 19.3. The third kappa shape index (κ3) is 6.21. The Kier molecular flexibility index (Phi) is 9.32. The zero-order valence-corrected chi connectivity index (χ0v) is 20.3. The number of halogens is 1. The van der Waals surface area contributed by atoms with Crippen molar-refractivity contribution in [1.29, 1.82) is 0 Å². The Hall–Kier alpha value is -1.70. The van der Waals surface area contributed by atoms with Crippen LogP contribution in [-0.4, -0.2) is 92.5 Å². The maximum atomic E-state index is 12.7. The Bertz CT molecular complexity index is 736.